The van der Waals surface area contributed by atoms with Gasteiger partial charge in [-0.1, -0.05) is 0 Å². The largest absolute Gasteiger partial charge is 0.338 e. The quantitative estimate of drug-likeness (QED) is 0.752. The Bertz CT molecular complexity index is 298. The van der Waals surface area contributed by atoms with E-state index in [0.29, 0.717) is 12.5 Å². The lowest BCUT2D eigenvalue weighted by molar-refractivity contribution is -0.139. The molecule has 2 rings (SSSR count). The number of hydrogen-bond donors (Lipinski definition) is 1. The zero-order valence-electron chi connectivity index (χ0n) is 10.1. The minimum Gasteiger partial charge on any atom is -0.338 e. The molecule has 1 atom stereocenters. The van der Waals surface area contributed by atoms with Gasteiger partial charge in [-0.15, -0.1) is 12.4 Å². The van der Waals surface area contributed by atoms with Crippen LogP contribution in [0.4, 0.5) is 0 Å². The van der Waals surface area contributed by atoms with Gasteiger partial charge in [-0.2, -0.15) is 0 Å². The summed E-state index contributed by atoms with van der Waals surface area (Å²) in [5.41, 5.74) is 0. The number of piperazine rings is 1. The maximum Gasteiger partial charge on any atom is 0.242 e. The topological polar surface area (TPSA) is 52.7 Å². The highest BCUT2D eigenvalue weighted by Gasteiger charge is 2.26. The molecule has 2 aliphatic rings. The van der Waals surface area contributed by atoms with Crippen LogP contribution < -0.4 is 5.32 Å². The number of rotatable bonds is 2. The predicted molar refractivity (Wildman–Crippen MR) is 67.1 cm³/mol. The molecular weight excluding hydrogens is 242 g/mol. The number of halogens is 1. The highest BCUT2D eigenvalue weighted by atomic mass is 35.5. The molecule has 0 aliphatic carbocycles. The first kappa shape index (κ1) is 14.3. The van der Waals surface area contributed by atoms with Gasteiger partial charge in [-0.3, -0.25) is 9.59 Å². The van der Waals surface area contributed by atoms with Crippen molar-refractivity contribution in [1.82, 2.24) is 15.1 Å². The van der Waals surface area contributed by atoms with E-state index in [1.54, 1.807) is 4.90 Å². The molecule has 98 valence electrons. The van der Waals surface area contributed by atoms with E-state index in [2.05, 4.69) is 12.2 Å². The monoisotopic (exact) mass is 261 g/mol. The molecule has 2 amide bonds. The average Bonchev–Trinajstić information content (AvgIpc) is 2.64. The van der Waals surface area contributed by atoms with Gasteiger partial charge in [-0.05, 0) is 13.3 Å². The van der Waals surface area contributed by atoms with Gasteiger partial charge in [0.1, 0.15) is 0 Å². The van der Waals surface area contributed by atoms with E-state index >= 15 is 0 Å². The molecule has 1 N–H and O–H groups in total. The van der Waals surface area contributed by atoms with Crippen LogP contribution in [0, 0.1) is 0 Å². The fourth-order valence-corrected chi connectivity index (χ4v) is 2.29. The van der Waals surface area contributed by atoms with Gasteiger partial charge in [-0.25, -0.2) is 0 Å². The van der Waals surface area contributed by atoms with E-state index in [4.69, 9.17) is 0 Å². The van der Waals surface area contributed by atoms with E-state index in [9.17, 15) is 9.59 Å². The zero-order valence-corrected chi connectivity index (χ0v) is 11.0. The van der Waals surface area contributed by atoms with E-state index in [-0.39, 0.29) is 30.8 Å². The molecule has 0 aromatic heterocycles. The summed E-state index contributed by atoms with van der Waals surface area (Å²) in [5.74, 6) is 0.208. The van der Waals surface area contributed by atoms with E-state index in [1.807, 2.05) is 4.90 Å². The molecule has 0 bridgehead atoms. The van der Waals surface area contributed by atoms with Gasteiger partial charge in [0.25, 0.3) is 0 Å². The van der Waals surface area contributed by atoms with Crippen LogP contribution in [0.2, 0.25) is 0 Å². The molecule has 0 aromatic rings. The first-order valence-electron chi connectivity index (χ1n) is 5.96. The van der Waals surface area contributed by atoms with Gasteiger partial charge in [0.2, 0.25) is 11.8 Å². The maximum atomic E-state index is 11.9. The molecule has 0 spiro atoms. The third-order valence-electron chi connectivity index (χ3n) is 3.22. The molecule has 0 saturated carbocycles. The van der Waals surface area contributed by atoms with Crippen molar-refractivity contribution in [2.24, 2.45) is 0 Å². The minimum atomic E-state index is 0. The van der Waals surface area contributed by atoms with Crippen LogP contribution in [-0.4, -0.2) is 60.4 Å². The van der Waals surface area contributed by atoms with Crippen molar-refractivity contribution in [1.29, 1.82) is 0 Å². The smallest absolute Gasteiger partial charge is 0.242 e. The Labute approximate surface area is 108 Å². The summed E-state index contributed by atoms with van der Waals surface area (Å²) in [6, 6.07) is 0.354. The van der Waals surface area contributed by atoms with Crippen molar-refractivity contribution >= 4 is 24.2 Å². The molecule has 2 aliphatic heterocycles. The second-order valence-corrected chi connectivity index (χ2v) is 4.61. The first-order valence-corrected chi connectivity index (χ1v) is 5.96. The predicted octanol–water partition coefficient (Wildman–Crippen LogP) is -0.149. The Morgan fingerprint density at radius 1 is 1.47 bits per heavy atom. The lowest BCUT2D eigenvalue weighted by Crippen LogP contribution is -2.53. The van der Waals surface area contributed by atoms with Crippen LogP contribution in [-0.2, 0) is 9.59 Å². The fraction of sp³-hybridized carbons (Fsp3) is 0.818. The molecule has 0 radical (unpaired) electrons. The highest BCUT2D eigenvalue weighted by molar-refractivity contribution is 5.86. The number of hydrogen-bond acceptors (Lipinski definition) is 3. The molecule has 2 heterocycles. The number of nitrogens with zero attached hydrogens (tertiary/aromatic N) is 2. The standard InChI is InChI=1S/C11H19N3O2.ClH/c1-9-7-14(6-4-12-9)11(16)8-13-5-2-3-10(13)15;/h9,12H,2-8H2,1H3;1H. The van der Waals surface area contributed by atoms with E-state index in [1.165, 1.54) is 0 Å². The fourth-order valence-electron chi connectivity index (χ4n) is 2.29. The number of nitrogens with one attached hydrogen (secondary N) is 1. The Morgan fingerprint density at radius 3 is 2.82 bits per heavy atom. The molecule has 2 saturated heterocycles. The van der Waals surface area contributed by atoms with Gasteiger partial charge in [0.15, 0.2) is 0 Å². The van der Waals surface area contributed by atoms with Gasteiger partial charge >= 0.3 is 0 Å². The van der Waals surface area contributed by atoms with Crippen LogP contribution in [0.3, 0.4) is 0 Å². The van der Waals surface area contributed by atoms with Crippen LogP contribution in [0.15, 0.2) is 0 Å². The molecule has 5 nitrogen and oxygen atoms in total. The molecule has 0 aromatic carbocycles. The van der Waals surface area contributed by atoms with E-state index < -0.39 is 0 Å². The molecule has 17 heavy (non-hydrogen) atoms. The number of carbonyl (C=O) groups is 2. The summed E-state index contributed by atoms with van der Waals surface area (Å²) in [6.07, 6.45) is 1.50. The summed E-state index contributed by atoms with van der Waals surface area (Å²) >= 11 is 0. The maximum absolute atomic E-state index is 11.9. The Kier molecular flexibility index (Phi) is 5.21. The van der Waals surface area contributed by atoms with Crippen LogP contribution >= 0.6 is 12.4 Å². The molecule has 6 heteroatoms. The Hall–Kier alpha value is -0.810. The second-order valence-electron chi connectivity index (χ2n) is 4.61. The van der Waals surface area contributed by atoms with Crippen molar-refractivity contribution in [3.05, 3.63) is 0 Å². The average molecular weight is 262 g/mol. The van der Waals surface area contributed by atoms with Crippen LogP contribution in [0.1, 0.15) is 19.8 Å². The SMILES string of the molecule is CC1CN(C(=O)CN2CCCC2=O)CCN1.Cl. The van der Waals surface area contributed by atoms with Crippen LogP contribution in [0.25, 0.3) is 0 Å². The third kappa shape index (κ3) is 3.57. The van der Waals surface area contributed by atoms with Gasteiger partial charge in [0, 0.05) is 38.6 Å². The third-order valence-corrected chi connectivity index (χ3v) is 3.22. The summed E-state index contributed by atoms with van der Waals surface area (Å²) in [7, 11) is 0. The van der Waals surface area contributed by atoms with Crippen molar-refractivity contribution in [3.8, 4) is 0 Å². The van der Waals surface area contributed by atoms with Crippen molar-refractivity contribution in [3.63, 3.8) is 0 Å². The molecule has 2 fully saturated rings. The van der Waals surface area contributed by atoms with Crippen molar-refractivity contribution in [2.75, 3.05) is 32.7 Å². The Balaban J connectivity index is 0.00000144. The summed E-state index contributed by atoms with van der Waals surface area (Å²) in [6.45, 7) is 5.44. The molecule has 1 unspecified atom stereocenters. The van der Waals surface area contributed by atoms with Crippen LogP contribution in [0.5, 0.6) is 0 Å². The zero-order chi connectivity index (χ0) is 11.5. The van der Waals surface area contributed by atoms with E-state index in [0.717, 1.165) is 32.6 Å². The first-order chi connectivity index (χ1) is 7.66. The Morgan fingerprint density at radius 2 is 2.24 bits per heavy atom. The number of amides is 2. The summed E-state index contributed by atoms with van der Waals surface area (Å²) in [4.78, 5) is 26.9. The highest BCUT2D eigenvalue weighted by Crippen LogP contribution is 2.10. The van der Waals surface area contributed by atoms with Gasteiger partial charge < -0.3 is 15.1 Å². The summed E-state index contributed by atoms with van der Waals surface area (Å²) in [5, 5.41) is 3.29. The molecular formula is C11H20ClN3O2. The normalized spacial score (nSPS) is 24.8. The van der Waals surface area contributed by atoms with Crippen molar-refractivity contribution in [2.45, 2.75) is 25.8 Å². The summed E-state index contributed by atoms with van der Waals surface area (Å²) < 4.78 is 0. The lowest BCUT2D eigenvalue weighted by Gasteiger charge is -2.33. The van der Waals surface area contributed by atoms with Gasteiger partial charge in [0.05, 0.1) is 6.54 Å². The second kappa shape index (κ2) is 6.21. The minimum absolute atomic E-state index is 0. The lowest BCUT2D eigenvalue weighted by atomic mass is 10.2. The number of carbonyl (C=O) groups excluding carboxylic acids is 2. The van der Waals surface area contributed by atoms with Crippen molar-refractivity contribution < 1.29 is 9.59 Å². The number of likely N-dealkylation sites (tertiary alicyclic amines) is 1.